The smallest absolute Gasteiger partial charge is 0.180 e. The number of rotatable bonds is 13. The van der Waals surface area contributed by atoms with Crippen LogP contribution >= 0.6 is 34.7 Å². The van der Waals surface area contributed by atoms with E-state index >= 15 is 0 Å². The monoisotopic (exact) mass is 488 g/mol. The molecule has 31 heavy (non-hydrogen) atoms. The van der Waals surface area contributed by atoms with Crippen molar-refractivity contribution in [3.8, 4) is 0 Å². The molecule has 1 aromatic heterocycles. The van der Waals surface area contributed by atoms with Gasteiger partial charge in [0.05, 0.1) is 18.8 Å². The second kappa shape index (κ2) is 13.1. The van der Waals surface area contributed by atoms with Crippen LogP contribution in [-0.4, -0.2) is 54.6 Å². The quantitative estimate of drug-likeness (QED) is 0.143. The number of nitrogens with zero attached hydrogens (tertiary/aromatic N) is 2. The van der Waals surface area contributed by atoms with Crippen LogP contribution in [0.25, 0.3) is 5.70 Å². The number of benzene rings is 1. The zero-order chi connectivity index (χ0) is 22.8. The van der Waals surface area contributed by atoms with E-state index in [9.17, 15) is 0 Å². The fourth-order valence-corrected chi connectivity index (χ4v) is 4.50. The zero-order valence-electron chi connectivity index (χ0n) is 17.4. The number of halogens is 1. The van der Waals surface area contributed by atoms with Gasteiger partial charge in [0.1, 0.15) is 23.5 Å². The van der Waals surface area contributed by atoms with Gasteiger partial charge in [-0.15, -0.1) is 11.3 Å². The Bertz CT molecular complexity index is 840. The Labute approximate surface area is 195 Å². The lowest BCUT2D eigenvalue weighted by molar-refractivity contribution is -0.0753. The van der Waals surface area contributed by atoms with Crippen LogP contribution in [0.15, 0.2) is 40.7 Å². The van der Waals surface area contributed by atoms with Crippen LogP contribution < -0.4 is 23.0 Å². The van der Waals surface area contributed by atoms with Crippen LogP contribution in [0, 0.1) is 0 Å². The molecular formula is C19H29ClN6O3S2. The van der Waals surface area contributed by atoms with Crippen molar-refractivity contribution in [2.45, 2.75) is 29.6 Å². The third kappa shape index (κ3) is 8.83. The summed E-state index contributed by atoms with van der Waals surface area (Å²) in [6.45, 7) is 2.96. The van der Waals surface area contributed by atoms with Crippen molar-refractivity contribution in [3.05, 3.63) is 46.6 Å². The normalized spacial score (nSPS) is 14.9. The van der Waals surface area contributed by atoms with Crippen molar-refractivity contribution in [1.82, 2.24) is 9.99 Å². The molecule has 0 bridgehead atoms. The number of hydrazine groups is 1. The van der Waals surface area contributed by atoms with Crippen LogP contribution in [0.2, 0.25) is 5.02 Å². The zero-order valence-corrected chi connectivity index (χ0v) is 19.8. The number of methoxy groups -OCH3 is 1. The first kappa shape index (κ1) is 25.7. The molecular weight excluding hydrogens is 460 g/mol. The Morgan fingerprint density at radius 2 is 2.19 bits per heavy atom. The van der Waals surface area contributed by atoms with Gasteiger partial charge >= 0.3 is 0 Å². The highest BCUT2D eigenvalue weighted by molar-refractivity contribution is 7.99. The predicted molar refractivity (Wildman–Crippen MR) is 127 cm³/mol. The molecule has 0 aliphatic heterocycles. The summed E-state index contributed by atoms with van der Waals surface area (Å²) in [5.74, 6) is 6.16. The molecule has 0 saturated heterocycles. The Kier molecular flexibility index (Phi) is 10.8. The molecule has 9 nitrogen and oxygen atoms in total. The van der Waals surface area contributed by atoms with Crippen molar-refractivity contribution in [2.75, 3.05) is 32.6 Å². The van der Waals surface area contributed by atoms with Gasteiger partial charge in [-0.1, -0.05) is 29.4 Å². The van der Waals surface area contributed by atoms with Gasteiger partial charge in [0.15, 0.2) is 5.13 Å². The van der Waals surface area contributed by atoms with Crippen LogP contribution in [0.5, 0.6) is 0 Å². The van der Waals surface area contributed by atoms with E-state index in [1.807, 2.05) is 25.1 Å². The molecule has 172 valence electrons. The molecule has 12 heteroatoms. The molecule has 3 atom stereocenters. The molecule has 8 N–H and O–H groups in total. The van der Waals surface area contributed by atoms with Gasteiger partial charge in [0.2, 0.25) is 0 Å². The number of aromatic nitrogens is 1. The Hall–Kier alpha value is -1.57. The topological polar surface area (TPSA) is 148 Å². The minimum absolute atomic E-state index is 0.254. The fraction of sp³-hybridized carbons (Fsp3) is 0.421. The van der Waals surface area contributed by atoms with E-state index in [1.54, 1.807) is 24.8 Å². The van der Waals surface area contributed by atoms with Crippen molar-refractivity contribution < 1.29 is 14.2 Å². The van der Waals surface area contributed by atoms with Gasteiger partial charge in [0, 0.05) is 35.2 Å². The summed E-state index contributed by atoms with van der Waals surface area (Å²) in [4.78, 5) is 5.05. The summed E-state index contributed by atoms with van der Waals surface area (Å²) in [6, 6.07) is 7.44. The van der Waals surface area contributed by atoms with E-state index in [-0.39, 0.29) is 13.2 Å². The molecule has 1 aromatic carbocycles. The summed E-state index contributed by atoms with van der Waals surface area (Å²) in [5, 5.41) is 4.23. The van der Waals surface area contributed by atoms with E-state index in [0.717, 1.165) is 4.90 Å². The molecule has 0 aliphatic rings. The predicted octanol–water partition coefficient (Wildman–Crippen LogP) is 2.28. The van der Waals surface area contributed by atoms with E-state index in [0.29, 0.717) is 28.2 Å². The van der Waals surface area contributed by atoms with Gasteiger partial charge in [-0.3, -0.25) is 0 Å². The summed E-state index contributed by atoms with van der Waals surface area (Å²) < 4.78 is 17.1. The lowest BCUT2D eigenvalue weighted by Crippen LogP contribution is -2.44. The summed E-state index contributed by atoms with van der Waals surface area (Å²) in [6.07, 6.45) is 0.479. The maximum Gasteiger partial charge on any atom is 0.180 e. The van der Waals surface area contributed by atoms with E-state index in [2.05, 4.69) is 4.98 Å². The molecule has 0 aliphatic carbocycles. The average Bonchev–Trinajstić information content (AvgIpc) is 3.16. The first-order valence-corrected chi connectivity index (χ1v) is 11.6. The third-order valence-corrected chi connectivity index (χ3v) is 6.05. The number of ether oxygens (including phenoxy) is 3. The molecule has 2 aromatic rings. The fourth-order valence-electron chi connectivity index (χ4n) is 2.51. The highest BCUT2D eigenvalue weighted by atomic mass is 35.5. The highest BCUT2D eigenvalue weighted by Crippen LogP contribution is 2.30. The standard InChI is InChI=1S/C19H29ClN6O3S2/c1-3-28-10-17(22)29-18(31-13-6-4-5-12(20)7-13)16(27-2)9-26(24)8-14(21)15-11-30-19(23)25-15/h4-8,11,16-18H,3,9-10,21-22,24H2,1-2H3,(H2,23,25)/b14-8-/t16-,17?,18?/m0/s1. The minimum Gasteiger partial charge on any atom is -0.396 e. The molecule has 0 saturated carbocycles. The van der Waals surface area contributed by atoms with Gasteiger partial charge in [-0.25, -0.2) is 10.8 Å². The molecule has 0 spiro atoms. The molecule has 0 amide bonds. The molecule has 1 heterocycles. The van der Waals surface area contributed by atoms with Crippen molar-refractivity contribution in [3.63, 3.8) is 0 Å². The number of hydrogen-bond acceptors (Lipinski definition) is 11. The maximum atomic E-state index is 6.16. The van der Waals surface area contributed by atoms with E-state index < -0.39 is 17.8 Å². The van der Waals surface area contributed by atoms with Crippen LogP contribution in [0.4, 0.5) is 5.13 Å². The van der Waals surface area contributed by atoms with Crippen molar-refractivity contribution in [1.29, 1.82) is 0 Å². The number of hydrogen-bond donors (Lipinski definition) is 4. The summed E-state index contributed by atoms with van der Waals surface area (Å²) >= 11 is 8.85. The van der Waals surface area contributed by atoms with Crippen molar-refractivity contribution >= 4 is 45.5 Å². The van der Waals surface area contributed by atoms with E-state index in [1.165, 1.54) is 28.1 Å². The second-order valence-electron chi connectivity index (χ2n) is 6.40. The van der Waals surface area contributed by atoms with Crippen LogP contribution in [-0.2, 0) is 14.2 Å². The lowest BCUT2D eigenvalue weighted by Gasteiger charge is -2.30. The van der Waals surface area contributed by atoms with Crippen LogP contribution in [0.1, 0.15) is 12.6 Å². The lowest BCUT2D eigenvalue weighted by atomic mass is 10.3. The van der Waals surface area contributed by atoms with Gasteiger partial charge in [-0.2, -0.15) is 0 Å². The minimum atomic E-state index is -0.640. The van der Waals surface area contributed by atoms with Crippen molar-refractivity contribution in [2.24, 2.45) is 17.3 Å². The first-order chi connectivity index (χ1) is 14.8. The Morgan fingerprint density at radius 3 is 2.81 bits per heavy atom. The molecule has 2 unspecified atom stereocenters. The molecule has 0 radical (unpaired) electrons. The van der Waals surface area contributed by atoms with E-state index in [4.69, 9.17) is 48.9 Å². The van der Waals surface area contributed by atoms with Gasteiger partial charge < -0.3 is 36.4 Å². The third-order valence-electron chi connectivity index (χ3n) is 3.96. The summed E-state index contributed by atoms with van der Waals surface area (Å²) in [5.41, 5.74) is 18.3. The maximum absolute atomic E-state index is 6.16. The molecule has 0 fully saturated rings. The van der Waals surface area contributed by atoms with Gasteiger partial charge in [0.25, 0.3) is 0 Å². The number of anilines is 1. The number of thioether (sulfide) groups is 1. The Balaban J connectivity index is 2.13. The van der Waals surface area contributed by atoms with Gasteiger partial charge in [-0.05, 0) is 25.1 Å². The SMILES string of the molecule is CCOCC(N)OC(Sc1cccc(Cl)c1)[C@H](CN(N)/C=C(\N)c1csc(N)n1)OC. The highest BCUT2D eigenvalue weighted by Gasteiger charge is 2.27. The largest absolute Gasteiger partial charge is 0.396 e. The summed E-state index contributed by atoms with van der Waals surface area (Å²) in [7, 11) is 1.58. The number of nitrogens with two attached hydrogens (primary N) is 4. The second-order valence-corrected chi connectivity index (χ2v) is 8.90. The number of thiazole rings is 1. The van der Waals surface area contributed by atoms with Crippen LogP contribution in [0.3, 0.4) is 0 Å². The molecule has 2 rings (SSSR count). The Morgan fingerprint density at radius 1 is 1.42 bits per heavy atom. The number of nitrogen functional groups attached to an aromatic ring is 1. The average molecular weight is 489 g/mol. The first-order valence-electron chi connectivity index (χ1n) is 9.46.